The summed E-state index contributed by atoms with van der Waals surface area (Å²) in [7, 11) is -3.93. The molecule has 124 valence electrons. The monoisotopic (exact) mass is 346 g/mol. The number of sulfonamides is 1. The average molecular weight is 346 g/mol. The topological polar surface area (TPSA) is 104 Å². The lowest BCUT2D eigenvalue weighted by Crippen LogP contribution is -2.42. The van der Waals surface area contributed by atoms with Crippen LogP contribution >= 0.6 is 0 Å². The number of carboxylic acids is 1. The van der Waals surface area contributed by atoms with Crippen molar-refractivity contribution in [1.82, 2.24) is 0 Å². The predicted molar refractivity (Wildman–Crippen MR) is 87.7 cm³/mol. The summed E-state index contributed by atoms with van der Waals surface area (Å²) in [6.45, 7) is 1.48. The van der Waals surface area contributed by atoms with Crippen LogP contribution in [0.2, 0.25) is 0 Å². The van der Waals surface area contributed by atoms with Gasteiger partial charge in [0.25, 0.3) is 10.0 Å². The highest BCUT2D eigenvalue weighted by Crippen LogP contribution is 2.34. The second-order valence-corrected chi connectivity index (χ2v) is 7.27. The van der Waals surface area contributed by atoms with Crippen molar-refractivity contribution in [2.24, 2.45) is 0 Å². The van der Waals surface area contributed by atoms with Gasteiger partial charge in [-0.05, 0) is 37.3 Å². The summed E-state index contributed by atoms with van der Waals surface area (Å²) in [6.07, 6.45) is 0. The molecule has 2 N–H and O–H groups in total. The van der Waals surface area contributed by atoms with E-state index in [1.165, 1.54) is 30.3 Å². The molecule has 2 aromatic rings. The molecule has 0 unspecified atom stereocenters. The Bertz CT molecular complexity index is 935. The number of aryl methyl sites for hydroxylation is 1. The smallest absolute Gasteiger partial charge is 0.335 e. The van der Waals surface area contributed by atoms with E-state index in [0.29, 0.717) is 0 Å². The van der Waals surface area contributed by atoms with Gasteiger partial charge in [-0.2, -0.15) is 0 Å². The molecule has 1 heterocycles. The third kappa shape index (κ3) is 2.71. The molecule has 24 heavy (non-hydrogen) atoms. The Hall–Kier alpha value is -2.87. The molecule has 1 aliphatic rings. The van der Waals surface area contributed by atoms with Gasteiger partial charge in [0.05, 0.1) is 21.8 Å². The highest BCUT2D eigenvalue weighted by Gasteiger charge is 2.32. The Labute approximate surface area is 138 Å². The van der Waals surface area contributed by atoms with Crippen molar-refractivity contribution < 1.29 is 23.1 Å². The van der Waals surface area contributed by atoms with E-state index in [9.17, 15) is 18.0 Å². The quantitative estimate of drug-likeness (QED) is 0.882. The summed E-state index contributed by atoms with van der Waals surface area (Å²) >= 11 is 0. The van der Waals surface area contributed by atoms with E-state index >= 15 is 0 Å². The van der Waals surface area contributed by atoms with Gasteiger partial charge in [0, 0.05) is 0 Å². The number of carbonyl (C=O) groups is 2. The molecule has 0 bridgehead atoms. The number of nitrogens with zero attached hydrogens (tertiary/aromatic N) is 1. The van der Waals surface area contributed by atoms with Crippen molar-refractivity contribution in [3.63, 3.8) is 0 Å². The van der Waals surface area contributed by atoms with E-state index in [4.69, 9.17) is 5.11 Å². The minimum absolute atomic E-state index is 0.0383. The van der Waals surface area contributed by atoms with Crippen molar-refractivity contribution in [1.29, 1.82) is 0 Å². The molecule has 8 heteroatoms. The van der Waals surface area contributed by atoms with Gasteiger partial charge in [0.1, 0.15) is 6.54 Å². The Morgan fingerprint density at radius 3 is 2.46 bits per heavy atom. The van der Waals surface area contributed by atoms with Gasteiger partial charge in [-0.25, -0.2) is 13.2 Å². The number of amides is 1. The number of rotatable bonds is 3. The van der Waals surface area contributed by atoms with E-state index in [0.717, 1.165) is 9.87 Å². The number of hydrogen-bond acceptors (Lipinski definition) is 4. The third-order valence-corrected chi connectivity index (χ3v) is 5.46. The zero-order chi connectivity index (χ0) is 17.5. The maximum atomic E-state index is 12.9. The minimum Gasteiger partial charge on any atom is -0.478 e. The first-order valence-electron chi connectivity index (χ1n) is 7.05. The number of aromatic carboxylic acids is 1. The summed E-state index contributed by atoms with van der Waals surface area (Å²) in [6, 6.07) is 10.2. The van der Waals surface area contributed by atoms with Crippen LogP contribution in [0.1, 0.15) is 15.9 Å². The molecule has 1 aliphatic heterocycles. The standard InChI is InChI=1S/C16H14N2O5S/c1-10-2-5-12(6-3-10)24(22,23)18-9-15(19)17-13-8-11(16(20)21)4-7-14(13)18/h2-8H,9H2,1H3,(H,17,19)(H,20,21). The first-order chi connectivity index (χ1) is 11.3. The molecule has 0 radical (unpaired) electrons. The average Bonchev–Trinajstić information content (AvgIpc) is 2.53. The van der Waals surface area contributed by atoms with Crippen molar-refractivity contribution >= 4 is 33.3 Å². The number of fused-ring (bicyclic) bond motifs is 1. The largest absolute Gasteiger partial charge is 0.478 e. The number of benzene rings is 2. The lowest BCUT2D eigenvalue weighted by molar-refractivity contribution is -0.115. The Morgan fingerprint density at radius 1 is 1.17 bits per heavy atom. The Kier molecular flexibility index (Phi) is 3.76. The van der Waals surface area contributed by atoms with E-state index in [2.05, 4.69) is 5.32 Å². The minimum atomic E-state index is -3.93. The normalized spacial score (nSPS) is 14.0. The van der Waals surface area contributed by atoms with Crippen LogP contribution in [0.5, 0.6) is 0 Å². The highest BCUT2D eigenvalue weighted by atomic mass is 32.2. The Morgan fingerprint density at radius 2 is 1.83 bits per heavy atom. The van der Waals surface area contributed by atoms with Crippen molar-refractivity contribution in [3.8, 4) is 0 Å². The zero-order valence-corrected chi connectivity index (χ0v) is 13.5. The molecular formula is C16H14N2O5S. The van der Waals surface area contributed by atoms with Gasteiger partial charge < -0.3 is 10.4 Å². The second-order valence-electron chi connectivity index (χ2n) is 5.41. The lowest BCUT2D eigenvalue weighted by atomic mass is 10.1. The van der Waals surface area contributed by atoms with E-state index in [-0.39, 0.29) is 28.4 Å². The molecule has 3 rings (SSSR count). The maximum Gasteiger partial charge on any atom is 0.335 e. The van der Waals surface area contributed by atoms with Crippen LogP contribution in [-0.2, 0) is 14.8 Å². The molecule has 0 saturated heterocycles. The summed E-state index contributed by atoms with van der Waals surface area (Å²) < 4.78 is 26.7. The molecule has 0 aromatic heterocycles. The molecule has 2 aromatic carbocycles. The third-order valence-electron chi connectivity index (χ3n) is 3.68. The van der Waals surface area contributed by atoms with Gasteiger partial charge in [-0.3, -0.25) is 9.10 Å². The molecule has 1 amide bonds. The lowest BCUT2D eigenvalue weighted by Gasteiger charge is -2.30. The summed E-state index contributed by atoms with van der Waals surface area (Å²) in [4.78, 5) is 23.0. The maximum absolute atomic E-state index is 12.9. The van der Waals surface area contributed by atoms with Crippen LogP contribution < -0.4 is 9.62 Å². The fourth-order valence-electron chi connectivity index (χ4n) is 2.44. The summed E-state index contributed by atoms with van der Waals surface area (Å²) in [5.41, 5.74) is 1.27. The van der Waals surface area contributed by atoms with Crippen LogP contribution in [0.3, 0.4) is 0 Å². The Balaban J connectivity index is 2.11. The fraction of sp³-hybridized carbons (Fsp3) is 0.125. The molecular weight excluding hydrogens is 332 g/mol. The SMILES string of the molecule is Cc1ccc(S(=O)(=O)N2CC(=O)Nc3cc(C(=O)O)ccc32)cc1. The van der Waals surface area contributed by atoms with Crippen LogP contribution in [0, 0.1) is 6.92 Å². The van der Waals surface area contributed by atoms with Gasteiger partial charge in [0.2, 0.25) is 5.91 Å². The van der Waals surface area contributed by atoms with E-state index in [1.54, 1.807) is 12.1 Å². The first-order valence-corrected chi connectivity index (χ1v) is 8.49. The van der Waals surface area contributed by atoms with Crippen LogP contribution in [-0.4, -0.2) is 31.9 Å². The molecule has 0 aliphatic carbocycles. The first kappa shape index (κ1) is 16.0. The molecule has 0 fully saturated rings. The van der Waals surface area contributed by atoms with Crippen molar-refractivity contribution in [2.75, 3.05) is 16.2 Å². The number of carboxylic acid groups (broad SMARTS) is 1. The van der Waals surface area contributed by atoms with Crippen LogP contribution in [0.25, 0.3) is 0 Å². The van der Waals surface area contributed by atoms with Gasteiger partial charge in [0.15, 0.2) is 0 Å². The molecule has 0 atom stereocenters. The predicted octanol–water partition coefficient (Wildman–Crippen LogP) is 1.84. The van der Waals surface area contributed by atoms with E-state index < -0.39 is 21.9 Å². The van der Waals surface area contributed by atoms with Gasteiger partial charge in [-0.1, -0.05) is 17.7 Å². The van der Waals surface area contributed by atoms with Crippen molar-refractivity contribution in [2.45, 2.75) is 11.8 Å². The second kappa shape index (κ2) is 5.64. The zero-order valence-electron chi connectivity index (χ0n) is 12.7. The fourth-order valence-corrected chi connectivity index (χ4v) is 3.88. The molecule has 0 spiro atoms. The molecule has 0 saturated carbocycles. The van der Waals surface area contributed by atoms with Crippen LogP contribution in [0.4, 0.5) is 11.4 Å². The van der Waals surface area contributed by atoms with Crippen LogP contribution in [0.15, 0.2) is 47.4 Å². The number of anilines is 2. The van der Waals surface area contributed by atoms with Crippen molar-refractivity contribution in [3.05, 3.63) is 53.6 Å². The number of nitrogens with one attached hydrogen (secondary N) is 1. The highest BCUT2D eigenvalue weighted by molar-refractivity contribution is 7.92. The summed E-state index contributed by atoms with van der Waals surface area (Å²) in [5, 5.41) is 11.5. The van der Waals surface area contributed by atoms with Gasteiger partial charge in [-0.15, -0.1) is 0 Å². The number of hydrogen-bond donors (Lipinski definition) is 2. The number of carbonyl (C=O) groups excluding carboxylic acids is 1. The molecule has 7 nitrogen and oxygen atoms in total. The summed E-state index contributed by atoms with van der Waals surface area (Å²) in [5.74, 6) is -1.69. The van der Waals surface area contributed by atoms with E-state index in [1.807, 2.05) is 6.92 Å². The van der Waals surface area contributed by atoms with Gasteiger partial charge >= 0.3 is 5.97 Å².